The van der Waals surface area contributed by atoms with Crippen molar-refractivity contribution in [1.29, 1.82) is 0 Å². The highest BCUT2D eigenvalue weighted by Crippen LogP contribution is 2.26. The first-order valence-corrected chi connectivity index (χ1v) is 9.72. The number of rotatable bonds is 6. The number of carbonyl (C=O) groups excluding carboxylic acids is 1. The molecule has 0 spiro atoms. The second kappa shape index (κ2) is 8.78. The van der Waals surface area contributed by atoms with Crippen molar-refractivity contribution in [3.63, 3.8) is 0 Å². The van der Waals surface area contributed by atoms with Gasteiger partial charge in [-0.1, -0.05) is 37.3 Å². The number of nitrogens with one attached hydrogen (secondary N) is 1. The lowest BCUT2D eigenvalue weighted by atomic mass is 10.1. The van der Waals surface area contributed by atoms with Crippen LogP contribution in [-0.2, 0) is 6.42 Å². The number of para-hydroxylation sites is 2. The van der Waals surface area contributed by atoms with Gasteiger partial charge in [-0.05, 0) is 56.5 Å². The molecule has 0 aliphatic rings. The molecule has 0 aliphatic heterocycles. The van der Waals surface area contributed by atoms with E-state index in [9.17, 15) is 4.79 Å². The Balaban J connectivity index is 1.87. The molecule has 1 heterocycles. The molecule has 150 valence electrons. The molecule has 29 heavy (non-hydrogen) atoms. The van der Waals surface area contributed by atoms with Gasteiger partial charge in [-0.25, -0.2) is 5.43 Å². The zero-order valence-corrected chi connectivity index (χ0v) is 17.6. The van der Waals surface area contributed by atoms with Gasteiger partial charge >= 0.3 is 0 Å². The van der Waals surface area contributed by atoms with E-state index in [1.165, 1.54) is 16.8 Å². The fourth-order valence-corrected chi connectivity index (χ4v) is 3.64. The van der Waals surface area contributed by atoms with Crippen LogP contribution in [0.3, 0.4) is 0 Å². The molecule has 0 aliphatic carbocycles. The van der Waals surface area contributed by atoms with Crippen molar-refractivity contribution in [3.8, 4) is 11.4 Å². The van der Waals surface area contributed by atoms with Gasteiger partial charge in [0.1, 0.15) is 5.75 Å². The summed E-state index contributed by atoms with van der Waals surface area (Å²) in [7, 11) is 1.54. The Bertz CT molecular complexity index is 1060. The number of aromatic nitrogens is 1. The third-order valence-electron chi connectivity index (χ3n) is 5.12. The molecule has 0 radical (unpaired) electrons. The van der Waals surface area contributed by atoms with Gasteiger partial charge in [-0.15, -0.1) is 0 Å². The Hall–Kier alpha value is -3.34. The summed E-state index contributed by atoms with van der Waals surface area (Å²) >= 11 is 0. The van der Waals surface area contributed by atoms with E-state index in [1.54, 1.807) is 31.5 Å². The van der Waals surface area contributed by atoms with Crippen LogP contribution < -0.4 is 10.2 Å². The summed E-state index contributed by atoms with van der Waals surface area (Å²) in [6, 6.07) is 15.6. The number of hydrazone groups is 1. The number of ether oxygens (including phenoxy) is 1. The summed E-state index contributed by atoms with van der Waals surface area (Å²) in [5, 5.41) is 4.17. The van der Waals surface area contributed by atoms with Gasteiger partial charge in [0, 0.05) is 17.0 Å². The first-order valence-electron chi connectivity index (χ1n) is 9.72. The molecule has 0 saturated heterocycles. The predicted molar refractivity (Wildman–Crippen MR) is 117 cm³/mol. The van der Waals surface area contributed by atoms with Gasteiger partial charge in [0.15, 0.2) is 0 Å². The summed E-state index contributed by atoms with van der Waals surface area (Å²) in [5.74, 6) is 0.213. The molecule has 5 nitrogen and oxygen atoms in total. The van der Waals surface area contributed by atoms with Crippen LogP contribution in [0.4, 0.5) is 0 Å². The normalized spacial score (nSPS) is 11.1. The molecule has 0 bridgehead atoms. The quantitative estimate of drug-likeness (QED) is 0.489. The highest BCUT2D eigenvalue weighted by atomic mass is 16.5. The van der Waals surface area contributed by atoms with Crippen LogP contribution in [-0.4, -0.2) is 23.8 Å². The van der Waals surface area contributed by atoms with E-state index in [0.29, 0.717) is 11.3 Å². The van der Waals surface area contributed by atoms with Crippen LogP contribution in [0.1, 0.15) is 45.4 Å². The summed E-state index contributed by atoms with van der Waals surface area (Å²) in [6.45, 7) is 8.46. The molecule has 1 N–H and O–H groups in total. The van der Waals surface area contributed by atoms with E-state index in [2.05, 4.69) is 67.1 Å². The van der Waals surface area contributed by atoms with Crippen LogP contribution in [0.25, 0.3) is 5.69 Å². The Kier molecular flexibility index (Phi) is 6.17. The smallest absolute Gasteiger partial charge is 0.275 e. The van der Waals surface area contributed by atoms with Gasteiger partial charge < -0.3 is 9.30 Å². The Morgan fingerprint density at radius 3 is 2.62 bits per heavy atom. The Morgan fingerprint density at radius 1 is 1.14 bits per heavy atom. The number of aryl methyl sites for hydroxylation is 3. The number of nitrogens with zero attached hydrogens (tertiary/aromatic N) is 2. The van der Waals surface area contributed by atoms with E-state index in [0.717, 1.165) is 23.4 Å². The molecular weight excluding hydrogens is 362 g/mol. The van der Waals surface area contributed by atoms with Crippen LogP contribution >= 0.6 is 0 Å². The summed E-state index contributed by atoms with van der Waals surface area (Å²) in [4.78, 5) is 12.4. The maximum absolute atomic E-state index is 12.4. The van der Waals surface area contributed by atoms with Gasteiger partial charge in [0.05, 0.1) is 24.6 Å². The second-order valence-corrected chi connectivity index (χ2v) is 7.00. The molecular formula is C24H27N3O2. The number of amides is 1. The van der Waals surface area contributed by atoms with E-state index in [4.69, 9.17) is 4.74 Å². The van der Waals surface area contributed by atoms with E-state index in [-0.39, 0.29) is 5.91 Å². The monoisotopic (exact) mass is 389 g/mol. The largest absolute Gasteiger partial charge is 0.496 e. The highest BCUT2D eigenvalue weighted by molar-refractivity contribution is 5.97. The Labute approximate surface area is 172 Å². The first kappa shape index (κ1) is 20.4. The lowest BCUT2D eigenvalue weighted by Crippen LogP contribution is -2.18. The van der Waals surface area contributed by atoms with Crippen molar-refractivity contribution < 1.29 is 9.53 Å². The predicted octanol–water partition coefficient (Wildman–Crippen LogP) is 4.74. The zero-order valence-electron chi connectivity index (χ0n) is 17.6. The number of carbonyl (C=O) groups is 1. The molecule has 0 fully saturated rings. The molecule has 1 aromatic heterocycles. The molecule has 0 atom stereocenters. The standard InChI is InChI=1S/C24H27N3O2/c1-6-19-11-9-10-16(2)23(19)27-17(3)14-20(18(27)4)15-25-26-24(28)21-12-7-8-13-22(21)29-5/h7-15H,6H2,1-5H3,(H,26,28)/b25-15-. The minimum Gasteiger partial charge on any atom is -0.496 e. The molecule has 2 aromatic carbocycles. The highest BCUT2D eigenvalue weighted by Gasteiger charge is 2.14. The van der Waals surface area contributed by atoms with Gasteiger partial charge in [-0.3, -0.25) is 4.79 Å². The van der Waals surface area contributed by atoms with Gasteiger partial charge in [-0.2, -0.15) is 5.10 Å². The summed E-state index contributed by atoms with van der Waals surface area (Å²) in [6.07, 6.45) is 2.66. The minimum absolute atomic E-state index is 0.306. The fraction of sp³-hybridized carbons (Fsp3) is 0.250. The molecule has 1 amide bonds. The van der Waals surface area contributed by atoms with E-state index < -0.39 is 0 Å². The lowest BCUT2D eigenvalue weighted by molar-refractivity contribution is 0.0952. The van der Waals surface area contributed by atoms with Crippen LogP contribution in [0.5, 0.6) is 5.75 Å². The summed E-state index contributed by atoms with van der Waals surface area (Å²) in [5.41, 5.74) is 9.99. The topological polar surface area (TPSA) is 55.6 Å². The van der Waals surface area contributed by atoms with Crippen molar-refractivity contribution >= 4 is 12.1 Å². The van der Waals surface area contributed by atoms with Crippen molar-refractivity contribution in [1.82, 2.24) is 9.99 Å². The van der Waals surface area contributed by atoms with Gasteiger partial charge in [0.25, 0.3) is 5.91 Å². The Morgan fingerprint density at radius 2 is 1.90 bits per heavy atom. The first-order chi connectivity index (χ1) is 14.0. The number of methoxy groups -OCH3 is 1. The van der Waals surface area contributed by atoms with Crippen molar-refractivity contribution in [2.24, 2.45) is 5.10 Å². The molecule has 3 aromatic rings. The number of benzene rings is 2. The third-order valence-corrected chi connectivity index (χ3v) is 5.12. The fourth-order valence-electron chi connectivity index (χ4n) is 3.64. The van der Waals surface area contributed by atoms with Gasteiger partial charge in [0.2, 0.25) is 0 Å². The molecule has 5 heteroatoms. The maximum Gasteiger partial charge on any atom is 0.275 e. The lowest BCUT2D eigenvalue weighted by Gasteiger charge is -2.17. The van der Waals surface area contributed by atoms with Crippen LogP contribution in [0.2, 0.25) is 0 Å². The average molecular weight is 389 g/mol. The summed E-state index contributed by atoms with van der Waals surface area (Å²) < 4.78 is 7.50. The molecule has 0 saturated carbocycles. The van der Waals surface area contributed by atoms with Crippen LogP contribution in [0.15, 0.2) is 53.6 Å². The van der Waals surface area contributed by atoms with E-state index in [1.807, 2.05) is 6.07 Å². The van der Waals surface area contributed by atoms with Crippen molar-refractivity contribution in [3.05, 3.63) is 82.2 Å². The van der Waals surface area contributed by atoms with Crippen molar-refractivity contribution in [2.75, 3.05) is 7.11 Å². The minimum atomic E-state index is -0.306. The van der Waals surface area contributed by atoms with E-state index >= 15 is 0 Å². The number of hydrogen-bond acceptors (Lipinski definition) is 3. The average Bonchev–Trinajstić information content (AvgIpc) is 3.00. The second-order valence-electron chi connectivity index (χ2n) is 7.00. The molecule has 3 rings (SSSR count). The third kappa shape index (κ3) is 4.09. The van der Waals surface area contributed by atoms with Crippen molar-refractivity contribution in [2.45, 2.75) is 34.1 Å². The number of hydrogen-bond donors (Lipinski definition) is 1. The maximum atomic E-state index is 12.4. The SMILES string of the molecule is CCc1cccc(C)c1-n1c(C)cc(/C=N\NC(=O)c2ccccc2OC)c1C. The van der Waals surface area contributed by atoms with Crippen LogP contribution in [0, 0.1) is 20.8 Å². The molecule has 0 unspecified atom stereocenters. The zero-order chi connectivity index (χ0) is 21.0.